The highest BCUT2D eigenvalue weighted by atomic mass is 19.1. The van der Waals surface area contributed by atoms with Gasteiger partial charge in [0.1, 0.15) is 22.8 Å². The Bertz CT molecular complexity index is 1900. The van der Waals surface area contributed by atoms with E-state index >= 15 is 0 Å². The molecule has 2 aliphatic rings. The van der Waals surface area contributed by atoms with Gasteiger partial charge in [-0.3, -0.25) is 28.1 Å². The lowest BCUT2D eigenvalue weighted by Crippen LogP contribution is -2.41. The Morgan fingerprint density at radius 2 is 1.78 bits per heavy atom. The zero-order valence-electron chi connectivity index (χ0n) is 23.0. The highest BCUT2D eigenvalue weighted by molar-refractivity contribution is 5.93. The minimum absolute atomic E-state index is 0.0793. The number of nitrogens with one attached hydrogen (secondary N) is 2. The molecule has 41 heavy (non-hydrogen) atoms. The molecule has 2 aromatic carbocycles. The Balaban J connectivity index is 1.55. The van der Waals surface area contributed by atoms with Gasteiger partial charge < -0.3 is 15.4 Å². The summed E-state index contributed by atoms with van der Waals surface area (Å²) < 4.78 is 24.4. The molecule has 0 bridgehead atoms. The van der Waals surface area contributed by atoms with E-state index in [1.54, 1.807) is 44.2 Å². The minimum atomic E-state index is -0.586. The van der Waals surface area contributed by atoms with Crippen molar-refractivity contribution in [2.45, 2.75) is 51.6 Å². The van der Waals surface area contributed by atoms with Crippen LogP contribution >= 0.6 is 0 Å². The number of nitrogens with zero attached hydrogens (tertiary/aromatic N) is 3. The van der Waals surface area contributed by atoms with E-state index in [1.807, 2.05) is 0 Å². The second-order valence-corrected chi connectivity index (χ2v) is 10.8. The predicted octanol–water partition coefficient (Wildman–Crippen LogP) is 3.34. The lowest BCUT2D eigenvalue weighted by atomic mass is 10.1. The molecule has 2 heterocycles. The predicted molar refractivity (Wildman–Crippen MR) is 153 cm³/mol. The third kappa shape index (κ3) is 4.92. The Hall–Kier alpha value is -4.67. The van der Waals surface area contributed by atoms with Gasteiger partial charge in [-0.1, -0.05) is 12.1 Å². The largest absolute Gasteiger partial charge is 0.484 e. The van der Waals surface area contributed by atoms with Crippen molar-refractivity contribution in [3.8, 4) is 11.4 Å². The molecule has 2 aromatic heterocycles. The van der Waals surface area contributed by atoms with Crippen LogP contribution in [0.3, 0.4) is 0 Å². The quantitative estimate of drug-likeness (QED) is 0.342. The van der Waals surface area contributed by atoms with Crippen molar-refractivity contribution >= 4 is 28.3 Å². The number of benzene rings is 2. The molecule has 0 spiro atoms. The number of aromatic nitrogens is 3. The van der Waals surface area contributed by atoms with Gasteiger partial charge in [0.15, 0.2) is 6.61 Å². The van der Waals surface area contributed by atoms with Crippen LogP contribution in [0.4, 0.5) is 15.9 Å². The highest BCUT2D eigenvalue weighted by Crippen LogP contribution is 2.34. The van der Waals surface area contributed by atoms with Crippen molar-refractivity contribution in [2.24, 2.45) is 7.05 Å². The van der Waals surface area contributed by atoms with Crippen LogP contribution < -0.4 is 32.2 Å². The fraction of sp³-hybridized carbons (Fsp3) is 0.333. The summed E-state index contributed by atoms with van der Waals surface area (Å²) >= 11 is 0. The number of carbonyl (C=O) groups is 1. The monoisotopic (exact) mass is 559 g/mol. The molecule has 0 aliphatic heterocycles. The van der Waals surface area contributed by atoms with Gasteiger partial charge in [-0.05, 0) is 69.4 Å². The summed E-state index contributed by atoms with van der Waals surface area (Å²) in [4.78, 5) is 53.5. The summed E-state index contributed by atoms with van der Waals surface area (Å²) in [6, 6.07) is 11.1. The fourth-order valence-corrected chi connectivity index (χ4v) is 5.06. The molecule has 2 fully saturated rings. The molecule has 2 aliphatic carbocycles. The van der Waals surface area contributed by atoms with Crippen LogP contribution in [0.5, 0.6) is 5.75 Å². The highest BCUT2D eigenvalue weighted by Gasteiger charge is 2.32. The first-order chi connectivity index (χ1) is 19.6. The molecule has 212 valence electrons. The van der Waals surface area contributed by atoms with Crippen molar-refractivity contribution in [3.63, 3.8) is 0 Å². The third-order valence-electron chi connectivity index (χ3n) is 7.52. The SMILES string of the molecule is Cc1ccc(Nc2c3c(=O)n(C4CC4)c(=O)n(-c4cccc(OCC(=O)NC5CC5)c4)c3c(C)c(=O)n2C)c(F)c1. The molecule has 0 radical (unpaired) electrons. The number of amides is 1. The molecular formula is C30H30FN5O5. The zero-order valence-corrected chi connectivity index (χ0v) is 23.0. The van der Waals surface area contributed by atoms with E-state index in [-0.39, 0.29) is 52.6 Å². The standard InChI is InChI=1S/C30H30FN5O5/c1-16-7-12-23(22(31)13-16)33-27-25-26(17(2)28(38)34(27)3)35(30(40)36(29(25)39)19-10-11-19)20-5-4-6-21(14-20)41-15-24(37)32-18-8-9-18/h4-7,12-14,18-19,33H,8-11,15H2,1-3H3,(H,32,37). The molecule has 2 N–H and O–H groups in total. The Morgan fingerprint density at radius 3 is 2.46 bits per heavy atom. The number of carbonyl (C=O) groups excluding carboxylic acids is 1. The van der Waals surface area contributed by atoms with Gasteiger partial charge in [0.25, 0.3) is 17.0 Å². The number of ether oxygens (including phenoxy) is 1. The first-order valence-corrected chi connectivity index (χ1v) is 13.6. The van der Waals surface area contributed by atoms with Crippen LogP contribution in [0.25, 0.3) is 16.6 Å². The second-order valence-electron chi connectivity index (χ2n) is 10.8. The first kappa shape index (κ1) is 26.5. The summed E-state index contributed by atoms with van der Waals surface area (Å²) in [5, 5.41) is 5.91. The summed E-state index contributed by atoms with van der Waals surface area (Å²) in [5.41, 5.74) is -0.118. The topological polar surface area (TPSA) is 116 Å². The van der Waals surface area contributed by atoms with E-state index in [9.17, 15) is 23.6 Å². The first-order valence-electron chi connectivity index (χ1n) is 13.6. The Labute approximate surface area is 234 Å². The van der Waals surface area contributed by atoms with E-state index in [4.69, 9.17) is 4.74 Å². The van der Waals surface area contributed by atoms with Gasteiger partial charge >= 0.3 is 5.69 Å². The number of aryl methyl sites for hydroxylation is 2. The van der Waals surface area contributed by atoms with E-state index < -0.39 is 22.6 Å². The number of rotatable bonds is 8. The van der Waals surface area contributed by atoms with Crippen molar-refractivity contribution < 1.29 is 13.9 Å². The van der Waals surface area contributed by atoms with Crippen molar-refractivity contribution in [1.82, 2.24) is 19.0 Å². The third-order valence-corrected chi connectivity index (χ3v) is 7.52. The van der Waals surface area contributed by atoms with Crippen LogP contribution in [0.1, 0.15) is 42.9 Å². The van der Waals surface area contributed by atoms with Crippen LogP contribution in [0.2, 0.25) is 0 Å². The van der Waals surface area contributed by atoms with E-state index in [1.165, 1.54) is 32.9 Å². The molecule has 6 rings (SSSR count). The molecule has 1 amide bonds. The normalized spacial score (nSPS) is 14.7. The van der Waals surface area contributed by atoms with Crippen molar-refractivity contribution in [2.75, 3.05) is 11.9 Å². The molecule has 4 aromatic rings. The summed E-state index contributed by atoms with van der Waals surface area (Å²) in [6.45, 7) is 3.13. The number of hydrogen-bond donors (Lipinski definition) is 2. The molecule has 10 nitrogen and oxygen atoms in total. The molecule has 2 saturated carbocycles. The average Bonchev–Trinajstić information content (AvgIpc) is 3.87. The maximum Gasteiger partial charge on any atom is 0.336 e. The number of hydrogen-bond acceptors (Lipinski definition) is 6. The fourth-order valence-electron chi connectivity index (χ4n) is 5.06. The van der Waals surface area contributed by atoms with Crippen LogP contribution in [0.15, 0.2) is 56.8 Å². The van der Waals surface area contributed by atoms with Crippen LogP contribution in [0, 0.1) is 19.7 Å². The minimum Gasteiger partial charge on any atom is -0.484 e. The van der Waals surface area contributed by atoms with Gasteiger partial charge in [-0.25, -0.2) is 9.18 Å². The summed E-state index contributed by atoms with van der Waals surface area (Å²) in [5.74, 6) is -0.353. The number of halogens is 1. The summed E-state index contributed by atoms with van der Waals surface area (Å²) in [6.07, 6.45) is 3.25. The molecule has 0 unspecified atom stereocenters. The molecule has 0 atom stereocenters. The van der Waals surface area contributed by atoms with E-state index in [0.29, 0.717) is 29.8 Å². The average molecular weight is 560 g/mol. The van der Waals surface area contributed by atoms with Crippen LogP contribution in [-0.4, -0.2) is 32.3 Å². The van der Waals surface area contributed by atoms with Gasteiger partial charge in [-0.2, -0.15) is 0 Å². The number of pyridine rings is 1. The Morgan fingerprint density at radius 1 is 1.02 bits per heavy atom. The molecule has 0 saturated heterocycles. The molecular weight excluding hydrogens is 529 g/mol. The smallest absolute Gasteiger partial charge is 0.336 e. The lowest BCUT2D eigenvalue weighted by molar-refractivity contribution is -0.123. The van der Waals surface area contributed by atoms with E-state index in [2.05, 4.69) is 10.6 Å². The second kappa shape index (κ2) is 10.1. The van der Waals surface area contributed by atoms with E-state index in [0.717, 1.165) is 12.8 Å². The van der Waals surface area contributed by atoms with Gasteiger partial charge in [-0.15, -0.1) is 0 Å². The summed E-state index contributed by atoms with van der Waals surface area (Å²) in [7, 11) is 1.50. The van der Waals surface area contributed by atoms with Gasteiger partial charge in [0.05, 0.1) is 16.9 Å². The maximum absolute atomic E-state index is 14.9. The number of fused-ring (bicyclic) bond motifs is 1. The number of anilines is 2. The van der Waals surface area contributed by atoms with Gasteiger partial charge in [0, 0.05) is 30.8 Å². The zero-order chi connectivity index (χ0) is 29.0. The van der Waals surface area contributed by atoms with Crippen molar-refractivity contribution in [1.29, 1.82) is 0 Å². The van der Waals surface area contributed by atoms with Gasteiger partial charge in [0.2, 0.25) is 0 Å². The Kier molecular flexibility index (Phi) is 6.51. The lowest BCUT2D eigenvalue weighted by Gasteiger charge is -2.21. The maximum atomic E-state index is 14.9. The van der Waals surface area contributed by atoms with Crippen molar-refractivity contribution in [3.05, 3.63) is 90.6 Å². The van der Waals surface area contributed by atoms with Crippen LogP contribution in [-0.2, 0) is 11.8 Å². The molecule has 11 heteroatoms.